The second kappa shape index (κ2) is 2.58. The summed E-state index contributed by atoms with van der Waals surface area (Å²) in [4.78, 5) is 10.6. The average molecular weight is 144 g/mol. The van der Waals surface area contributed by atoms with E-state index in [4.69, 9.17) is 10.2 Å². The number of carboxylic acids is 1. The first-order valence-electron chi connectivity index (χ1n) is 3.55. The molecule has 0 heterocycles. The topological polar surface area (TPSA) is 57.5 Å². The number of carbonyl (C=O) groups is 1. The van der Waals surface area contributed by atoms with Crippen LogP contribution in [0.3, 0.4) is 0 Å². The zero-order valence-electron chi connectivity index (χ0n) is 5.84. The van der Waals surface area contributed by atoms with E-state index in [2.05, 4.69) is 0 Å². The Bertz CT molecular complexity index is 136. The van der Waals surface area contributed by atoms with Crippen LogP contribution in [-0.4, -0.2) is 22.8 Å². The van der Waals surface area contributed by atoms with Gasteiger partial charge in [-0.25, -0.2) is 0 Å². The molecule has 0 spiro atoms. The minimum absolute atomic E-state index is 0.206. The molecule has 0 unspecified atom stereocenters. The third-order valence-corrected chi connectivity index (χ3v) is 2.32. The molecular weight excluding hydrogens is 132 g/mol. The highest BCUT2D eigenvalue weighted by molar-refractivity contribution is 5.75. The maximum atomic E-state index is 10.6. The van der Waals surface area contributed by atoms with Crippen molar-refractivity contribution in [2.45, 2.75) is 25.7 Å². The van der Waals surface area contributed by atoms with Gasteiger partial charge in [0.1, 0.15) is 0 Å². The van der Waals surface area contributed by atoms with Crippen LogP contribution in [-0.2, 0) is 4.79 Å². The predicted octanol–water partition coefficient (Wildman–Crippen LogP) is 0.624. The van der Waals surface area contributed by atoms with Crippen molar-refractivity contribution in [2.75, 3.05) is 6.61 Å². The van der Waals surface area contributed by atoms with Gasteiger partial charge in [0.2, 0.25) is 0 Å². The van der Waals surface area contributed by atoms with Crippen LogP contribution >= 0.6 is 0 Å². The lowest BCUT2D eigenvalue weighted by atomic mass is 9.88. The summed E-state index contributed by atoms with van der Waals surface area (Å²) in [5.41, 5.74) is -0.792. The summed E-state index contributed by atoms with van der Waals surface area (Å²) < 4.78 is 0. The average Bonchev–Trinajstić information content (AvgIpc) is 2.35. The van der Waals surface area contributed by atoms with Crippen molar-refractivity contribution < 1.29 is 15.0 Å². The standard InChI is InChI=1S/C7H12O3/c8-5-7(6(9)10)3-1-2-4-7/h8H,1-5H2,(H,9,10). The Morgan fingerprint density at radius 1 is 1.40 bits per heavy atom. The van der Waals surface area contributed by atoms with Crippen LogP contribution in [0.4, 0.5) is 0 Å². The number of hydrogen-bond donors (Lipinski definition) is 2. The lowest BCUT2D eigenvalue weighted by molar-refractivity contribution is -0.151. The molecule has 58 valence electrons. The zero-order chi connectivity index (χ0) is 7.61. The Hall–Kier alpha value is -0.570. The maximum absolute atomic E-state index is 10.6. The molecule has 0 bridgehead atoms. The Morgan fingerprint density at radius 2 is 1.90 bits per heavy atom. The summed E-state index contributed by atoms with van der Waals surface area (Å²) in [6.45, 7) is -0.206. The Labute approximate surface area is 59.7 Å². The van der Waals surface area contributed by atoms with Gasteiger partial charge in [-0.05, 0) is 12.8 Å². The van der Waals surface area contributed by atoms with E-state index in [-0.39, 0.29) is 6.61 Å². The molecule has 1 aliphatic carbocycles. The van der Waals surface area contributed by atoms with E-state index in [0.29, 0.717) is 12.8 Å². The van der Waals surface area contributed by atoms with Crippen LogP contribution in [0, 0.1) is 5.41 Å². The van der Waals surface area contributed by atoms with Crippen molar-refractivity contribution >= 4 is 5.97 Å². The fourth-order valence-electron chi connectivity index (χ4n) is 1.49. The van der Waals surface area contributed by atoms with Gasteiger partial charge >= 0.3 is 5.97 Å². The van der Waals surface area contributed by atoms with Gasteiger partial charge in [0, 0.05) is 0 Å². The Morgan fingerprint density at radius 3 is 2.10 bits per heavy atom. The van der Waals surface area contributed by atoms with Crippen molar-refractivity contribution in [2.24, 2.45) is 5.41 Å². The third kappa shape index (κ3) is 1.01. The summed E-state index contributed by atoms with van der Waals surface area (Å²) in [7, 11) is 0. The van der Waals surface area contributed by atoms with E-state index < -0.39 is 11.4 Å². The molecule has 0 aromatic carbocycles. The fourth-order valence-corrected chi connectivity index (χ4v) is 1.49. The number of aliphatic carboxylic acids is 1. The third-order valence-electron chi connectivity index (χ3n) is 2.32. The molecule has 1 rings (SSSR count). The van der Waals surface area contributed by atoms with Gasteiger partial charge < -0.3 is 10.2 Å². The molecule has 0 amide bonds. The first-order chi connectivity index (χ1) is 4.71. The number of rotatable bonds is 2. The highest BCUT2D eigenvalue weighted by Gasteiger charge is 2.40. The van der Waals surface area contributed by atoms with E-state index in [9.17, 15) is 4.79 Å². The van der Waals surface area contributed by atoms with E-state index >= 15 is 0 Å². The Balaban J connectivity index is 2.67. The second-order valence-corrected chi connectivity index (χ2v) is 2.95. The van der Waals surface area contributed by atoms with E-state index in [1.165, 1.54) is 0 Å². The number of aliphatic hydroxyl groups is 1. The summed E-state index contributed by atoms with van der Waals surface area (Å²) in [5.74, 6) is -0.840. The van der Waals surface area contributed by atoms with Crippen molar-refractivity contribution in [3.05, 3.63) is 0 Å². The second-order valence-electron chi connectivity index (χ2n) is 2.95. The maximum Gasteiger partial charge on any atom is 0.311 e. The summed E-state index contributed by atoms with van der Waals surface area (Å²) >= 11 is 0. The van der Waals surface area contributed by atoms with Crippen molar-refractivity contribution in [1.82, 2.24) is 0 Å². The molecule has 0 atom stereocenters. The lowest BCUT2D eigenvalue weighted by Crippen LogP contribution is -2.31. The quantitative estimate of drug-likeness (QED) is 0.597. The van der Waals surface area contributed by atoms with Gasteiger partial charge in [0.25, 0.3) is 0 Å². The van der Waals surface area contributed by atoms with Crippen molar-refractivity contribution in [1.29, 1.82) is 0 Å². The number of aliphatic hydroxyl groups excluding tert-OH is 1. The van der Waals surface area contributed by atoms with Gasteiger partial charge in [-0.2, -0.15) is 0 Å². The lowest BCUT2D eigenvalue weighted by Gasteiger charge is -2.19. The highest BCUT2D eigenvalue weighted by atomic mass is 16.4. The van der Waals surface area contributed by atoms with E-state index in [1.54, 1.807) is 0 Å². The molecule has 1 saturated carbocycles. The van der Waals surface area contributed by atoms with Crippen LogP contribution < -0.4 is 0 Å². The largest absolute Gasteiger partial charge is 0.481 e. The first kappa shape index (κ1) is 7.54. The van der Waals surface area contributed by atoms with E-state index in [1.807, 2.05) is 0 Å². The normalized spacial score (nSPS) is 22.9. The minimum Gasteiger partial charge on any atom is -0.481 e. The van der Waals surface area contributed by atoms with Crippen LogP contribution in [0.5, 0.6) is 0 Å². The van der Waals surface area contributed by atoms with Gasteiger partial charge in [-0.15, -0.1) is 0 Å². The van der Waals surface area contributed by atoms with E-state index in [0.717, 1.165) is 12.8 Å². The summed E-state index contributed by atoms with van der Waals surface area (Å²) in [6.07, 6.45) is 3.15. The molecule has 2 N–H and O–H groups in total. The summed E-state index contributed by atoms with van der Waals surface area (Å²) in [6, 6.07) is 0. The SMILES string of the molecule is O=C(O)C1(CO)CCCC1. The monoisotopic (exact) mass is 144 g/mol. The molecular formula is C7H12O3. The molecule has 1 fully saturated rings. The van der Waals surface area contributed by atoms with Gasteiger partial charge in [0.15, 0.2) is 0 Å². The van der Waals surface area contributed by atoms with Crippen LogP contribution in [0.15, 0.2) is 0 Å². The molecule has 1 aliphatic rings. The smallest absolute Gasteiger partial charge is 0.311 e. The zero-order valence-corrected chi connectivity index (χ0v) is 5.84. The summed E-state index contributed by atoms with van der Waals surface area (Å²) in [5, 5.41) is 17.5. The van der Waals surface area contributed by atoms with Crippen LogP contribution in [0.2, 0.25) is 0 Å². The molecule has 0 aromatic heterocycles. The fraction of sp³-hybridized carbons (Fsp3) is 0.857. The molecule has 3 heteroatoms. The van der Waals surface area contributed by atoms with Crippen molar-refractivity contribution in [3.8, 4) is 0 Å². The molecule has 0 aromatic rings. The van der Waals surface area contributed by atoms with Gasteiger partial charge in [-0.3, -0.25) is 4.79 Å². The molecule has 0 radical (unpaired) electrons. The van der Waals surface area contributed by atoms with Crippen LogP contribution in [0.1, 0.15) is 25.7 Å². The van der Waals surface area contributed by atoms with Crippen molar-refractivity contribution in [3.63, 3.8) is 0 Å². The first-order valence-corrected chi connectivity index (χ1v) is 3.55. The Kier molecular flexibility index (Phi) is 1.94. The predicted molar refractivity (Wildman–Crippen MR) is 35.6 cm³/mol. The number of carboxylic acid groups (broad SMARTS) is 1. The highest BCUT2D eigenvalue weighted by Crippen LogP contribution is 2.37. The molecule has 0 aliphatic heterocycles. The molecule has 10 heavy (non-hydrogen) atoms. The number of hydrogen-bond acceptors (Lipinski definition) is 2. The van der Waals surface area contributed by atoms with Crippen LogP contribution in [0.25, 0.3) is 0 Å². The molecule has 3 nitrogen and oxygen atoms in total. The minimum atomic E-state index is -0.840. The van der Waals surface area contributed by atoms with Gasteiger partial charge in [-0.1, -0.05) is 12.8 Å². The molecule has 0 saturated heterocycles. The van der Waals surface area contributed by atoms with Gasteiger partial charge in [0.05, 0.1) is 12.0 Å².